The van der Waals surface area contributed by atoms with Crippen LogP contribution in [0, 0.1) is 5.92 Å². The highest BCUT2D eigenvalue weighted by molar-refractivity contribution is 6.00. The molecule has 0 aromatic heterocycles. The van der Waals surface area contributed by atoms with Gasteiger partial charge in [0.1, 0.15) is 11.6 Å². The third kappa shape index (κ3) is 6.32. The van der Waals surface area contributed by atoms with Crippen LogP contribution >= 0.6 is 0 Å². The predicted octanol–water partition coefficient (Wildman–Crippen LogP) is 4.46. The fourth-order valence-corrected chi connectivity index (χ4v) is 5.67. The summed E-state index contributed by atoms with van der Waals surface area (Å²) in [6, 6.07) is 20.5. The van der Waals surface area contributed by atoms with E-state index in [-0.39, 0.29) is 11.8 Å². The number of hydrogen-bond donors (Lipinski definition) is 1. The van der Waals surface area contributed by atoms with Crippen LogP contribution in [-0.4, -0.2) is 59.4 Å². The second-order valence-corrected chi connectivity index (χ2v) is 10.7. The molecular formula is C30H41N3O2. The standard InChI is InChI=1S/C30H41N3O2/c1-24(2)23-27-28(34)33(20-16-26-13-7-4-8-14-26)30(29(35)31-27)17-21-32(22-18-30)19-10-9-15-25-11-5-3-6-12-25/h3-8,11-14,24,27H,9-10,15-23H2,1-2H3,(H,31,35). The zero-order valence-electron chi connectivity index (χ0n) is 21.4. The van der Waals surface area contributed by atoms with E-state index in [1.54, 1.807) is 0 Å². The van der Waals surface area contributed by atoms with Gasteiger partial charge < -0.3 is 15.1 Å². The molecular weight excluding hydrogens is 434 g/mol. The molecule has 2 aromatic rings. The van der Waals surface area contributed by atoms with Crippen LogP contribution in [0.5, 0.6) is 0 Å². The average molecular weight is 476 g/mol. The number of piperazine rings is 1. The summed E-state index contributed by atoms with van der Waals surface area (Å²) in [5.41, 5.74) is 1.89. The summed E-state index contributed by atoms with van der Waals surface area (Å²) < 4.78 is 0. The van der Waals surface area contributed by atoms with Crippen LogP contribution in [0.15, 0.2) is 60.7 Å². The van der Waals surface area contributed by atoms with Crippen LogP contribution in [0.4, 0.5) is 0 Å². The SMILES string of the molecule is CC(C)CC1NC(=O)C2(CCN(CCCCc3ccccc3)CC2)N(CCc2ccccc2)C1=O. The molecule has 0 aliphatic carbocycles. The molecule has 2 fully saturated rings. The highest BCUT2D eigenvalue weighted by Crippen LogP contribution is 2.34. The van der Waals surface area contributed by atoms with Crippen molar-refractivity contribution in [1.82, 2.24) is 15.1 Å². The molecule has 1 N–H and O–H groups in total. The number of hydrogen-bond acceptors (Lipinski definition) is 3. The first kappa shape index (κ1) is 25.4. The first-order valence-electron chi connectivity index (χ1n) is 13.4. The molecule has 1 unspecified atom stereocenters. The molecule has 2 heterocycles. The normalized spacial score (nSPS) is 20.4. The molecule has 5 nitrogen and oxygen atoms in total. The van der Waals surface area contributed by atoms with E-state index < -0.39 is 11.6 Å². The number of unbranched alkanes of at least 4 members (excludes halogenated alkanes) is 1. The molecule has 2 aliphatic rings. The van der Waals surface area contributed by atoms with Crippen LogP contribution in [0.3, 0.4) is 0 Å². The van der Waals surface area contributed by atoms with Gasteiger partial charge in [0.15, 0.2) is 0 Å². The lowest BCUT2D eigenvalue weighted by Crippen LogP contribution is -2.73. The highest BCUT2D eigenvalue weighted by atomic mass is 16.2. The maximum absolute atomic E-state index is 13.6. The van der Waals surface area contributed by atoms with Crippen molar-refractivity contribution in [3.05, 3.63) is 71.8 Å². The molecule has 4 rings (SSSR count). The average Bonchev–Trinajstić information content (AvgIpc) is 2.87. The maximum atomic E-state index is 13.6. The molecule has 5 heteroatoms. The van der Waals surface area contributed by atoms with Crippen molar-refractivity contribution < 1.29 is 9.59 Å². The number of nitrogens with zero attached hydrogens (tertiary/aromatic N) is 2. The Morgan fingerprint density at radius 3 is 2.06 bits per heavy atom. The molecule has 2 aliphatic heterocycles. The van der Waals surface area contributed by atoms with E-state index in [2.05, 4.69) is 66.5 Å². The van der Waals surface area contributed by atoms with E-state index in [0.717, 1.165) is 38.9 Å². The van der Waals surface area contributed by atoms with E-state index in [4.69, 9.17) is 0 Å². The quantitative estimate of drug-likeness (QED) is 0.516. The van der Waals surface area contributed by atoms with Gasteiger partial charge in [0.05, 0.1) is 0 Å². The van der Waals surface area contributed by atoms with E-state index in [1.807, 2.05) is 23.1 Å². The first-order valence-corrected chi connectivity index (χ1v) is 13.4. The van der Waals surface area contributed by atoms with E-state index in [9.17, 15) is 9.59 Å². The van der Waals surface area contributed by atoms with Gasteiger partial charge in [-0.3, -0.25) is 9.59 Å². The van der Waals surface area contributed by atoms with Crippen molar-refractivity contribution >= 4 is 11.8 Å². The summed E-state index contributed by atoms with van der Waals surface area (Å²) in [5.74, 6) is 0.511. The summed E-state index contributed by atoms with van der Waals surface area (Å²) in [6.07, 6.45) is 6.33. The topological polar surface area (TPSA) is 52.7 Å². The second kappa shape index (κ2) is 11.9. The Kier molecular flexibility index (Phi) is 8.61. The molecule has 188 valence electrons. The molecule has 0 saturated carbocycles. The number of carbonyl (C=O) groups is 2. The number of rotatable bonds is 10. The Hall–Kier alpha value is -2.66. The van der Waals surface area contributed by atoms with E-state index >= 15 is 0 Å². The van der Waals surface area contributed by atoms with Crippen LogP contribution in [-0.2, 0) is 22.4 Å². The summed E-state index contributed by atoms with van der Waals surface area (Å²) >= 11 is 0. The number of amides is 2. The zero-order valence-corrected chi connectivity index (χ0v) is 21.4. The Bertz CT molecular complexity index is 952. The van der Waals surface area contributed by atoms with Gasteiger partial charge >= 0.3 is 0 Å². The van der Waals surface area contributed by atoms with Crippen molar-refractivity contribution in [1.29, 1.82) is 0 Å². The molecule has 35 heavy (non-hydrogen) atoms. The molecule has 2 saturated heterocycles. The molecule has 0 radical (unpaired) electrons. The first-order chi connectivity index (χ1) is 17.0. The van der Waals surface area contributed by atoms with Gasteiger partial charge in [-0.2, -0.15) is 0 Å². The van der Waals surface area contributed by atoms with Crippen LogP contribution in [0.2, 0.25) is 0 Å². The van der Waals surface area contributed by atoms with Gasteiger partial charge in [-0.1, -0.05) is 74.5 Å². The van der Waals surface area contributed by atoms with Gasteiger partial charge in [-0.05, 0) is 68.5 Å². The fraction of sp³-hybridized carbons (Fsp3) is 0.533. The number of benzene rings is 2. The van der Waals surface area contributed by atoms with Crippen molar-refractivity contribution in [2.75, 3.05) is 26.2 Å². The number of nitrogens with one attached hydrogen (secondary N) is 1. The molecule has 1 spiro atoms. The maximum Gasteiger partial charge on any atom is 0.246 e. The monoisotopic (exact) mass is 475 g/mol. The van der Waals surface area contributed by atoms with Crippen molar-refractivity contribution in [3.63, 3.8) is 0 Å². The van der Waals surface area contributed by atoms with Crippen molar-refractivity contribution in [2.45, 2.75) is 70.4 Å². The highest BCUT2D eigenvalue weighted by Gasteiger charge is 2.53. The molecule has 2 aromatic carbocycles. The smallest absolute Gasteiger partial charge is 0.246 e. The molecule has 0 bridgehead atoms. The van der Waals surface area contributed by atoms with Gasteiger partial charge in [0.2, 0.25) is 11.8 Å². The van der Waals surface area contributed by atoms with Crippen molar-refractivity contribution in [3.8, 4) is 0 Å². The van der Waals surface area contributed by atoms with Crippen molar-refractivity contribution in [2.24, 2.45) is 5.92 Å². The molecule has 2 amide bonds. The zero-order chi connectivity index (χ0) is 24.7. The predicted molar refractivity (Wildman–Crippen MR) is 141 cm³/mol. The van der Waals surface area contributed by atoms with Gasteiger partial charge in [-0.25, -0.2) is 0 Å². The summed E-state index contributed by atoms with van der Waals surface area (Å²) in [7, 11) is 0. The summed E-state index contributed by atoms with van der Waals surface area (Å²) in [4.78, 5) is 31.6. The Balaban J connectivity index is 1.37. The molecule has 1 atom stereocenters. The lowest BCUT2D eigenvalue weighted by Gasteiger charge is -2.52. The van der Waals surface area contributed by atoms with Gasteiger partial charge in [0.25, 0.3) is 0 Å². The number of piperidine rings is 1. The Labute approximate surface area is 210 Å². The summed E-state index contributed by atoms with van der Waals surface area (Å²) in [6.45, 7) is 7.59. The Morgan fingerprint density at radius 1 is 0.857 bits per heavy atom. The number of likely N-dealkylation sites (tertiary alicyclic amines) is 1. The lowest BCUT2D eigenvalue weighted by atomic mass is 9.80. The van der Waals surface area contributed by atoms with E-state index in [1.165, 1.54) is 17.5 Å². The summed E-state index contributed by atoms with van der Waals surface area (Å²) in [5, 5.41) is 3.12. The van der Waals surface area contributed by atoms with Crippen LogP contribution < -0.4 is 5.32 Å². The van der Waals surface area contributed by atoms with Crippen LogP contribution in [0.1, 0.15) is 57.1 Å². The van der Waals surface area contributed by atoms with Gasteiger partial charge in [-0.15, -0.1) is 0 Å². The Morgan fingerprint density at radius 2 is 1.46 bits per heavy atom. The lowest BCUT2D eigenvalue weighted by molar-refractivity contribution is -0.161. The third-order valence-electron chi connectivity index (χ3n) is 7.70. The van der Waals surface area contributed by atoms with E-state index in [0.29, 0.717) is 31.7 Å². The second-order valence-electron chi connectivity index (χ2n) is 10.7. The minimum atomic E-state index is -0.708. The van der Waals surface area contributed by atoms with Crippen LogP contribution in [0.25, 0.3) is 0 Å². The number of carbonyl (C=O) groups excluding carboxylic acids is 2. The van der Waals surface area contributed by atoms with Gasteiger partial charge in [0, 0.05) is 19.6 Å². The minimum absolute atomic E-state index is 0.0551. The number of aryl methyl sites for hydroxylation is 1. The third-order valence-corrected chi connectivity index (χ3v) is 7.70. The minimum Gasteiger partial charge on any atom is -0.342 e. The largest absolute Gasteiger partial charge is 0.342 e. The fourth-order valence-electron chi connectivity index (χ4n) is 5.67.